The molecule has 0 bridgehead atoms. The molecular formula is C27H35FN6O2. The van der Waals surface area contributed by atoms with Gasteiger partial charge in [0.1, 0.15) is 17.2 Å². The van der Waals surface area contributed by atoms with Crippen molar-refractivity contribution in [1.82, 2.24) is 25.3 Å². The van der Waals surface area contributed by atoms with Gasteiger partial charge in [-0.25, -0.2) is 9.37 Å². The molecule has 2 atom stereocenters. The molecule has 1 aromatic carbocycles. The number of aryl methyl sites for hydroxylation is 3. The van der Waals surface area contributed by atoms with E-state index in [0.717, 1.165) is 60.7 Å². The summed E-state index contributed by atoms with van der Waals surface area (Å²) >= 11 is 0. The van der Waals surface area contributed by atoms with Crippen LogP contribution in [0, 0.1) is 19.7 Å². The number of nitrogens with zero attached hydrogens (tertiary/aromatic N) is 5. The summed E-state index contributed by atoms with van der Waals surface area (Å²) in [6.07, 6.45) is 4.57. The highest BCUT2D eigenvalue weighted by Gasteiger charge is 2.39. The Bertz CT molecular complexity index is 1310. The Morgan fingerprint density at radius 1 is 1.25 bits per heavy atom. The number of fused-ring (bicyclic) bond motifs is 1. The lowest BCUT2D eigenvalue weighted by molar-refractivity contribution is -0.128. The molecule has 2 saturated heterocycles. The zero-order valence-electron chi connectivity index (χ0n) is 21.8. The number of rotatable bonds is 5. The Morgan fingerprint density at radius 2 is 2.06 bits per heavy atom. The van der Waals surface area contributed by atoms with Gasteiger partial charge in [-0.05, 0) is 83.3 Å². The van der Waals surface area contributed by atoms with Gasteiger partial charge in [0.05, 0.1) is 17.1 Å². The van der Waals surface area contributed by atoms with Crippen molar-refractivity contribution >= 4 is 22.6 Å². The molecule has 1 amide bonds. The van der Waals surface area contributed by atoms with Gasteiger partial charge < -0.3 is 14.7 Å². The Balaban J connectivity index is 1.52. The zero-order valence-corrected chi connectivity index (χ0v) is 21.8. The molecule has 36 heavy (non-hydrogen) atoms. The fraction of sp³-hybridized carbons (Fsp3) is 0.556. The average Bonchev–Trinajstić information content (AvgIpc) is 3.44. The molecule has 1 N–H and O–H groups in total. The largest absolute Gasteiger partial charge is 0.353 e. The number of hydrogen-bond donors (Lipinski definition) is 1. The topological polar surface area (TPSA) is 87.4 Å². The van der Waals surface area contributed by atoms with Gasteiger partial charge in [-0.2, -0.15) is 4.98 Å². The van der Waals surface area contributed by atoms with Crippen molar-refractivity contribution in [3.05, 3.63) is 34.9 Å². The normalized spacial score (nSPS) is 22.9. The number of aromatic nitrogens is 3. The monoisotopic (exact) mass is 494 g/mol. The first-order valence-electron chi connectivity index (χ1n) is 12.9. The first kappa shape index (κ1) is 24.6. The number of likely N-dealkylation sites (tertiary alicyclic amines) is 1. The molecule has 9 heteroatoms. The minimum Gasteiger partial charge on any atom is -0.353 e. The maximum Gasteiger partial charge on any atom is 0.261 e. The smallest absolute Gasteiger partial charge is 0.261 e. The van der Waals surface area contributed by atoms with Crippen LogP contribution in [0.1, 0.15) is 56.5 Å². The highest BCUT2D eigenvalue weighted by Crippen LogP contribution is 2.39. The van der Waals surface area contributed by atoms with E-state index in [4.69, 9.17) is 9.51 Å². The second kappa shape index (κ2) is 9.42. The second-order valence-corrected chi connectivity index (χ2v) is 10.6. The van der Waals surface area contributed by atoms with E-state index >= 15 is 4.39 Å². The number of likely N-dealkylation sites (N-methyl/N-ethyl adjacent to an activating group) is 1. The third-order valence-corrected chi connectivity index (χ3v) is 7.76. The number of carbonyl (C=O) groups excluding carboxylic acids is 1. The van der Waals surface area contributed by atoms with Gasteiger partial charge in [0.25, 0.3) is 5.89 Å². The number of halogens is 1. The highest BCUT2D eigenvalue weighted by atomic mass is 19.1. The average molecular weight is 495 g/mol. The van der Waals surface area contributed by atoms with E-state index in [1.165, 1.54) is 0 Å². The minimum absolute atomic E-state index is 0.0788. The Morgan fingerprint density at radius 3 is 2.75 bits per heavy atom. The van der Waals surface area contributed by atoms with Crippen molar-refractivity contribution < 1.29 is 13.7 Å². The summed E-state index contributed by atoms with van der Waals surface area (Å²) in [6, 6.07) is 3.46. The number of anilines is 1. The lowest BCUT2D eigenvalue weighted by atomic mass is 9.97. The van der Waals surface area contributed by atoms with Crippen LogP contribution >= 0.6 is 0 Å². The van der Waals surface area contributed by atoms with Gasteiger partial charge in [-0.1, -0.05) is 18.5 Å². The molecule has 1 unspecified atom stereocenters. The standard InChI is InChI=1S/C27H35FN6O2/c1-6-18-13-19-16(2)22(26-29-17(3)32-36-26)24(30-23(19)20(28)14-18)34-12-10-27(4,15-34)31-25(35)21-9-7-8-11-33(21)5/h13-14,21H,6-12,15H2,1-5H3,(H,31,35)/t21?,27-/m0/s1. The van der Waals surface area contributed by atoms with Crippen LogP contribution < -0.4 is 10.2 Å². The number of carbonyl (C=O) groups is 1. The van der Waals surface area contributed by atoms with Gasteiger partial charge in [-0.3, -0.25) is 9.69 Å². The summed E-state index contributed by atoms with van der Waals surface area (Å²) in [4.78, 5) is 26.7. The van der Waals surface area contributed by atoms with E-state index in [1.54, 1.807) is 13.0 Å². The molecule has 192 valence electrons. The summed E-state index contributed by atoms with van der Waals surface area (Å²) in [5.41, 5.74) is 2.40. The summed E-state index contributed by atoms with van der Waals surface area (Å²) < 4.78 is 20.8. The lowest BCUT2D eigenvalue weighted by Gasteiger charge is -2.35. The molecule has 4 heterocycles. The number of piperidine rings is 1. The van der Waals surface area contributed by atoms with Crippen molar-refractivity contribution in [2.24, 2.45) is 0 Å². The second-order valence-electron chi connectivity index (χ2n) is 10.6. The predicted molar refractivity (Wildman–Crippen MR) is 137 cm³/mol. The van der Waals surface area contributed by atoms with E-state index in [-0.39, 0.29) is 17.8 Å². The maximum absolute atomic E-state index is 15.2. The van der Waals surface area contributed by atoms with Crippen molar-refractivity contribution in [3.63, 3.8) is 0 Å². The molecule has 0 spiro atoms. The van der Waals surface area contributed by atoms with Gasteiger partial charge >= 0.3 is 0 Å². The quantitative estimate of drug-likeness (QED) is 0.570. The zero-order chi connectivity index (χ0) is 25.6. The van der Waals surface area contributed by atoms with E-state index in [0.29, 0.717) is 36.1 Å². The Hall–Kier alpha value is -3.07. The third kappa shape index (κ3) is 4.45. The van der Waals surface area contributed by atoms with E-state index < -0.39 is 5.54 Å². The summed E-state index contributed by atoms with van der Waals surface area (Å²) in [5.74, 6) is 1.25. The fourth-order valence-electron chi connectivity index (χ4n) is 5.64. The molecular weight excluding hydrogens is 459 g/mol. The maximum atomic E-state index is 15.2. The molecule has 0 aliphatic carbocycles. The molecule has 2 aliphatic heterocycles. The molecule has 2 aliphatic rings. The van der Waals surface area contributed by atoms with Crippen LogP contribution in [0.5, 0.6) is 0 Å². The van der Waals surface area contributed by atoms with Crippen LogP contribution in [-0.2, 0) is 11.2 Å². The van der Waals surface area contributed by atoms with E-state index in [1.807, 2.05) is 27.0 Å². The van der Waals surface area contributed by atoms with Crippen LogP contribution in [0.25, 0.3) is 22.4 Å². The van der Waals surface area contributed by atoms with E-state index in [9.17, 15) is 4.79 Å². The molecule has 0 saturated carbocycles. The van der Waals surface area contributed by atoms with Crippen molar-refractivity contribution in [3.8, 4) is 11.5 Å². The van der Waals surface area contributed by atoms with Gasteiger partial charge in [0, 0.05) is 18.5 Å². The van der Waals surface area contributed by atoms with Crippen molar-refractivity contribution in [2.45, 2.75) is 71.4 Å². The molecule has 8 nitrogen and oxygen atoms in total. The van der Waals surface area contributed by atoms with Crippen molar-refractivity contribution in [2.75, 3.05) is 31.6 Å². The molecule has 0 radical (unpaired) electrons. The van der Waals surface area contributed by atoms with Crippen molar-refractivity contribution in [1.29, 1.82) is 0 Å². The third-order valence-electron chi connectivity index (χ3n) is 7.76. The van der Waals surface area contributed by atoms with Gasteiger partial charge in [0.2, 0.25) is 5.91 Å². The number of nitrogens with one attached hydrogen (secondary N) is 1. The first-order valence-corrected chi connectivity index (χ1v) is 12.9. The predicted octanol–water partition coefficient (Wildman–Crippen LogP) is 4.17. The molecule has 2 fully saturated rings. The molecule has 3 aromatic rings. The SMILES string of the molecule is CCc1cc(F)c2nc(N3CC[C@](C)(NC(=O)C4CCCCN4C)C3)c(-c3nc(C)no3)c(C)c2c1. The van der Waals surface area contributed by atoms with Gasteiger partial charge in [0.15, 0.2) is 5.82 Å². The number of amides is 1. The van der Waals surface area contributed by atoms with Crippen LogP contribution in [-0.4, -0.2) is 64.2 Å². The van der Waals surface area contributed by atoms with E-state index in [2.05, 4.69) is 32.2 Å². The number of pyridine rings is 1. The van der Waals surface area contributed by atoms with Crippen LogP contribution in [0.4, 0.5) is 10.2 Å². The Kier molecular flexibility index (Phi) is 6.44. The minimum atomic E-state index is -0.424. The molecule has 5 rings (SSSR count). The summed E-state index contributed by atoms with van der Waals surface area (Å²) in [6.45, 7) is 9.98. The highest BCUT2D eigenvalue weighted by molar-refractivity contribution is 5.93. The Labute approximate surface area is 211 Å². The van der Waals surface area contributed by atoms with Crippen LogP contribution in [0.15, 0.2) is 16.7 Å². The first-order chi connectivity index (χ1) is 17.2. The fourth-order valence-corrected chi connectivity index (χ4v) is 5.64. The van der Waals surface area contributed by atoms with Gasteiger partial charge in [-0.15, -0.1) is 0 Å². The van der Waals surface area contributed by atoms with Crippen LogP contribution in [0.2, 0.25) is 0 Å². The number of benzene rings is 1. The lowest BCUT2D eigenvalue weighted by Crippen LogP contribution is -2.55. The van der Waals surface area contributed by atoms with Crippen LogP contribution in [0.3, 0.4) is 0 Å². The number of hydrogen-bond acceptors (Lipinski definition) is 7. The molecule has 2 aromatic heterocycles. The summed E-state index contributed by atoms with van der Waals surface area (Å²) in [7, 11) is 2.02. The summed E-state index contributed by atoms with van der Waals surface area (Å²) in [5, 5.41) is 8.06.